The van der Waals surface area contributed by atoms with Crippen LogP contribution in [0.15, 0.2) is 53.7 Å². The molecule has 148 valence electrons. The number of oxime groups is 1. The predicted molar refractivity (Wildman–Crippen MR) is 108 cm³/mol. The summed E-state index contributed by atoms with van der Waals surface area (Å²) < 4.78 is 5.31. The van der Waals surface area contributed by atoms with E-state index in [9.17, 15) is 9.59 Å². The number of hydrogen-bond donors (Lipinski definition) is 2. The molecule has 7 nitrogen and oxygen atoms in total. The van der Waals surface area contributed by atoms with Crippen LogP contribution >= 0.6 is 0 Å². The summed E-state index contributed by atoms with van der Waals surface area (Å²) in [5, 5.41) is 9.54. The molecule has 1 atom stereocenters. The zero-order valence-corrected chi connectivity index (χ0v) is 16.5. The molecule has 0 spiro atoms. The van der Waals surface area contributed by atoms with E-state index in [4.69, 9.17) is 9.57 Å². The third-order valence-corrected chi connectivity index (χ3v) is 4.00. The molecule has 0 saturated heterocycles. The van der Waals surface area contributed by atoms with Crippen molar-refractivity contribution in [3.8, 4) is 5.75 Å². The van der Waals surface area contributed by atoms with E-state index in [1.165, 1.54) is 6.92 Å². The Bertz CT molecular complexity index is 847. The topological polar surface area (TPSA) is 89.0 Å². The number of para-hydroxylation sites is 1. The monoisotopic (exact) mass is 383 g/mol. The highest BCUT2D eigenvalue weighted by Crippen LogP contribution is 2.24. The molecular formula is C21H25N3O4. The van der Waals surface area contributed by atoms with Gasteiger partial charge in [-0.1, -0.05) is 35.5 Å². The first kappa shape index (κ1) is 21.0. The third-order valence-electron chi connectivity index (χ3n) is 4.00. The van der Waals surface area contributed by atoms with Crippen LogP contribution < -0.4 is 15.4 Å². The highest BCUT2D eigenvalue weighted by molar-refractivity contribution is 5.99. The van der Waals surface area contributed by atoms with Crippen LogP contribution in [-0.4, -0.2) is 31.2 Å². The van der Waals surface area contributed by atoms with Crippen molar-refractivity contribution < 1.29 is 19.2 Å². The fourth-order valence-corrected chi connectivity index (χ4v) is 2.62. The van der Waals surface area contributed by atoms with E-state index >= 15 is 0 Å². The van der Waals surface area contributed by atoms with Crippen LogP contribution in [0.4, 0.5) is 5.69 Å². The first-order valence-electron chi connectivity index (χ1n) is 8.87. The van der Waals surface area contributed by atoms with Gasteiger partial charge in [0.05, 0.1) is 18.9 Å². The highest BCUT2D eigenvalue weighted by atomic mass is 16.6. The smallest absolute Gasteiger partial charge is 0.261 e. The molecule has 0 fully saturated rings. The van der Waals surface area contributed by atoms with Gasteiger partial charge in [0, 0.05) is 18.2 Å². The normalized spacial score (nSPS) is 12.1. The minimum Gasteiger partial charge on any atom is -0.496 e. The van der Waals surface area contributed by atoms with Crippen LogP contribution in [0, 0.1) is 0 Å². The Morgan fingerprint density at radius 1 is 1.07 bits per heavy atom. The Labute approximate surface area is 164 Å². The summed E-state index contributed by atoms with van der Waals surface area (Å²) in [4.78, 5) is 28.3. The van der Waals surface area contributed by atoms with Crippen LogP contribution in [-0.2, 0) is 14.4 Å². The lowest BCUT2D eigenvalue weighted by Crippen LogP contribution is -2.30. The number of carbonyl (C=O) groups is 2. The summed E-state index contributed by atoms with van der Waals surface area (Å²) in [5.74, 6) is 0.304. The van der Waals surface area contributed by atoms with Crippen molar-refractivity contribution in [1.82, 2.24) is 5.32 Å². The van der Waals surface area contributed by atoms with Gasteiger partial charge in [0.25, 0.3) is 5.91 Å². The lowest BCUT2D eigenvalue weighted by atomic mass is 10.1. The average molecular weight is 383 g/mol. The van der Waals surface area contributed by atoms with Gasteiger partial charge in [0.15, 0.2) is 6.61 Å². The number of methoxy groups -OCH3 is 1. The van der Waals surface area contributed by atoms with E-state index in [0.717, 1.165) is 11.1 Å². The van der Waals surface area contributed by atoms with E-state index < -0.39 is 0 Å². The largest absolute Gasteiger partial charge is 0.496 e. The number of ether oxygens (including phenoxy) is 1. The van der Waals surface area contributed by atoms with Crippen molar-refractivity contribution in [3.05, 3.63) is 59.7 Å². The Morgan fingerprint density at radius 3 is 2.39 bits per heavy atom. The number of carbonyl (C=O) groups excluding carboxylic acids is 2. The number of nitrogens with one attached hydrogen (secondary N) is 2. The quantitative estimate of drug-likeness (QED) is 0.541. The van der Waals surface area contributed by atoms with Crippen LogP contribution in [0.1, 0.15) is 37.9 Å². The molecule has 0 heterocycles. The summed E-state index contributed by atoms with van der Waals surface area (Å²) in [5.41, 5.74) is 3.05. The Balaban J connectivity index is 1.87. The minimum absolute atomic E-state index is 0.130. The molecule has 0 saturated carbocycles. The molecule has 1 unspecified atom stereocenters. The van der Waals surface area contributed by atoms with Gasteiger partial charge in [-0.3, -0.25) is 9.59 Å². The van der Waals surface area contributed by atoms with Gasteiger partial charge in [-0.25, -0.2) is 0 Å². The molecule has 7 heteroatoms. The highest BCUT2D eigenvalue weighted by Gasteiger charge is 2.13. The molecule has 28 heavy (non-hydrogen) atoms. The molecule has 2 N–H and O–H groups in total. The minimum atomic E-state index is -0.282. The van der Waals surface area contributed by atoms with Gasteiger partial charge >= 0.3 is 0 Å². The maximum atomic E-state index is 12.1. The van der Waals surface area contributed by atoms with Gasteiger partial charge < -0.3 is 20.2 Å². The van der Waals surface area contributed by atoms with Crippen molar-refractivity contribution in [2.75, 3.05) is 19.0 Å². The van der Waals surface area contributed by atoms with Crippen molar-refractivity contribution in [3.63, 3.8) is 0 Å². The zero-order chi connectivity index (χ0) is 20.5. The van der Waals surface area contributed by atoms with Gasteiger partial charge in [-0.2, -0.15) is 0 Å². The molecule has 0 aliphatic heterocycles. The van der Waals surface area contributed by atoms with Gasteiger partial charge in [0.2, 0.25) is 5.91 Å². The van der Waals surface area contributed by atoms with Crippen LogP contribution in [0.5, 0.6) is 5.75 Å². The van der Waals surface area contributed by atoms with Crippen LogP contribution in [0.25, 0.3) is 0 Å². The molecule has 0 aromatic heterocycles. The lowest BCUT2D eigenvalue weighted by molar-refractivity contribution is -0.126. The maximum Gasteiger partial charge on any atom is 0.261 e. The van der Waals surface area contributed by atoms with Crippen LogP contribution in [0.3, 0.4) is 0 Å². The van der Waals surface area contributed by atoms with Crippen molar-refractivity contribution >= 4 is 23.2 Å². The second-order valence-electron chi connectivity index (χ2n) is 6.24. The first-order valence-corrected chi connectivity index (χ1v) is 8.87. The zero-order valence-electron chi connectivity index (χ0n) is 16.5. The number of amides is 2. The van der Waals surface area contributed by atoms with E-state index in [1.807, 2.05) is 43.3 Å². The lowest BCUT2D eigenvalue weighted by Gasteiger charge is -2.16. The SMILES string of the molecule is COc1ccccc1C(C)NC(=O)CO/N=C(\C)c1ccc(NC(C)=O)cc1. The fraction of sp³-hybridized carbons (Fsp3) is 0.286. The second kappa shape index (κ2) is 10.1. The molecule has 0 aliphatic carbocycles. The standard InChI is InChI=1S/C21H25N3O4/c1-14(17-9-11-18(12-10-17)23-16(3)25)24-28-13-21(26)22-15(2)19-7-5-6-8-20(19)27-4/h5-12,15H,13H2,1-4H3,(H,22,26)(H,23,25)/b24-14+. The average Bonchev–Trinajstić information content (AvgIpc) is 2.67. The van der Waals surface area contributed by atoms with Gasteiger partial charge in [-0.05, 0) is 37.6 Å². The van der Waals surface area contributed by atoms with Gasteiger partial charge in [0.1, 0.15) is 5.75 Å². The van der Waals surface area contributed by atoms with Crippen molar-refractivity contribution in [2.24, 2.45) is 5.16 Å². The molecule has 2 aromatic carbocycles. The fourth-order valence-electron chi connectivity index (χ4n) is 2.62. The molecular weight excluding hydrogens is 358 g/mol. The molecule has 2 rings (SSSR count). The molecule has 2 amide bonds. The third kappa shape index (κ3) is 6.12. The molecule has 0 radical (unpaired) electrons. The summed E-state index contributed by atoms with van der Waals surface area (Å²) >= 11 is 0. The summed E-state index contributed by atoms with van der Waals surface area (Å²) in [6.07, 6.45) is 0. The Hall–Kier alpha value is -3.35. The second-order valence-corrected chi connectivity index (χ2v) is 6.24. The number of benzene rings is 2. The van der Waals surface area contributed by atoms with E-state index in [2.05, 4.69) is 15.8 Å². The van der Waals surface area contributed by atoms with Crippen molar-refractivity contribution in [2.45, 2.75) is 26.8 Å². The first-order chi connectivity index (χ1) is 13.4. The predicted octanol–water partition coefficient (Wildman–Crippen LogP) is 3.27. The van der Waals surface area contributed by atoms with E-state index in [1.54, 1.807) is 26.2 Å². The number of rotatable bonds is 8. The number of nitrogens with zero attached hydrogens (tertiary/aromatic N) is 1. The van der Waals surface area contributed by atoms with Crippen molar-refractivity contribution in [1.29, 1.82) is 0 Å². The number of hydrogen-bond acceptors (Lipinski definition) is 5. The van der Waals surface area contributed by atoms with Crippen LogP contribution in [0.2, 0.25) is 0 Å². The summed E-state index contributed by atoms with van der Waals surface area (Å²) in [7, 11) is 1.59. The Kier molecular flexibility index (Phi) is 7.56. The molecule has 0 bridgehead atoms. The van der Waals surface area contributed by atoms with Gasteiger partial charge in [-0.15, -0.1) is 0 Å². The molecule has 0 aliphatic rings. The van der Waals surface area contributed by atoms with E-state index in [0.29, 0.717) is 17.1 Å². The molecule has 2 aromatic rings. The number of anilines is 1. The maximum absolute atomic E-state index is 12.1. The summed E-state index contributed by atoms with van der Waals surface area (Å²) in [6.45, 7) is 4.92. The van der Waals surface area contributed by atoms with E-state index in [-0.39, 0.29) is 24.5 Å². The summed E-state index contributed by atoms with van der Waals surface area (Å²) in [6, 6.07) is 14.5. The Morgan fingerprint density at radius 2 is 1.75 bits per heavy atom.